The third-order valence-electron chi connectivity index (χ3n) is 3.43. The third-order valence-corrected chi connectivity index (χ3v) is 3.43. The Labute approximate surface area is 96.3 Å². The van der Waals surface area contributed by atoms with Gasteiger partial charge in [-0.1, -0.05) is 6.07 Å². The van der Waals surface area contributed by atoms with E-state index in [2.05, 4.69) is 6.92 Å². The summed E-state index contributed by atoms with van der Waals surface area (Å²) in [6, 6.07) is 1.95. The molecule has 0 fully saturated rings. The lowest BCUT2D eigenvalue weighted by molar-refractivity contribution is -0.138. The Morgan fingerprint density at radius 1 is 1.25 bits per heavy atom. The van der Waals surface area contributed by atoms with Crippen LogP contribution in [0.3, 0.4) is 0 Å². The van der Waals surface area contributed by atoms with Crippen molar-refractivity contribution in [1.82, 2.24) is 0 Å². The zero-order valence-electron chi connectivity index (χ0n) is 10.3. The normalized spacial score (nSPS) is 12.6. The molecule has 1 atom stereocenters. The topological polar surface area (TPSA) is 63.3 Å². The van der Waals surface area contributed by atoms with Crippen molar-refractivity contribution in [2.75, 3.05) is 6.54 Å². The van der Waals surface area contributed by atoms with Gasteiger partial charge in [-0.05, 0) is 55.5 Å². The number of aryl methyl sites for hydroxylation is 1. The van der Waals surface area contributed by atoms with Crippen molar-refractivity contribution >= 4 is 5.97 Å². The van der Waals surface area contributed by atoms with E-state index < -0.39 is 11.9 Å². The van der Waals surface area contributed by atoms with Gasteiger partial charge in [-0.3, -0.25) is 4.79 Å². The number of hydrogen-bond acceptors (Lipinski definition) is 2. The molecule has 0 aliphatic heterocycles. The summed E-state index contributed by atoms with van der Waals surface area (Å²) in [5.74, 6) is -1.45. The van der Waals surface area contributed by atoms with E-state index in [-0.39, 0.29) is 6.54 Å². The summed E-state index contributed by atoms with van der Waals surface area (Å²) in [6.45, 7) is 8.18. The van der Waals surface area contributed by atoms with Gasteiger partial charge in [-0.2, -0.15) is 0 Å². The second-order valence-corrected chi connectivity index (χ2v) is 4.28. The Morgan fingerprint density at radius 3 is 2.25 bits per heavy atom. The molecule has 0 aromatic heterocycles. The summed E-state index contributed by atoms with van der Waals surface area (Å²) >= 11 is 0. The van der Waals surface area contributed by atoms with Gasteiger partial charge in [0.2, 0.25) is 0 Å². The van der Waals surface area contributed by atoms with E-state index in [1.807, 2.05) is 26.8 Å². The highest BCUT2D eigenvalue weighted by Gasteiger charge is 2.21. The quantitative estimate of drug-likeness (QED) is 0.821. The molecular weight excluding hydrogens is 202 g/mol. The second kappa shape index (κ2) is 4.66. The molecule has 0 aliphatic rings. The first-order valence-corrected chi connectivity index (χ1v) is 5.40. The van der Waals surface area contributed by atoms with Gasteiger partial charge in [0.15, 0.2) is 0 Å². The number of carboxylic acid groups (broad SMARTS) is 1. The minimum Gasteiger partial charge on any atom is -0.481 e. The molecule has 0 bridgehead atoms. The lowest BCUT2D eigenvalue weighted by Gasteiger charge is -2.18. The molecule has 1 aromatic rings. The van der Waals surface area contributed by atoms with Crippen LogP contribution < -0.4 is 5.73 Å². The van der Waals surface area contributed by atoms with Crippen molar-refractivity contribution in [3.8, 4) is 0 Å². The lowest BCUT2D eigenvalue weighted by atomic mass is 9.88. The minimum atomic E-state index is -0.853. The second-order valence-electron chi connectivity index (χ2n) is 4.28. The van der Waals surface area contributed by atoms with E-state index in [4.69, 9.17) is 10.8 Å². The van der Waals surface area contributed by atoms with Gasteiger partial charge < -0.3 is 10.8 Å². The molecule has 0 spiro atoms. The van der Waals surface area contributed by atoms with Crippen LogP contribution in [0.5, 0.6) is 0 Å². The SMILES string of the molecule is Cc1cc(C(CN)C(=O)O)c(C)c(C)c1C. The average Bonchev–Trinajstić information content (AvgIpc) is 2.23. The Hall–Kier alpha value is -1.35. The molecule has 3 heteroatoms. The summed E-state index contributed by atoms with van der Waals surface area (Å²) in [7, 11) is 0. The number of carboxylic acids is 1. The Morgan fingerprint density at radius 2 is 1.81 bits per heavy atom. The van der Waals surface area contributed by atoms with Crippen LogP contribution in [0, 0.1) is 27.7 Å². The highest BCUT2D eigenvalue weighted by Crippen LogP contribution is 2.26. The summed E-state index contributed by atoms with van der Waals surface area (Å²) in [6.07, 6.45) is 0. The van der Waals surface area contributed by atoms with Crippen molar-refractivity contribution in [2.24, 2.45) is 5.73 Å². The molecule has 0 radical (unpaired) electrons. The number of nitrogens with two attached hydrogens (primary N) is 1. The minimum absolute atomic E-state index is 0.137. The summed E-state index contributed by atoms with van der Waals surface area (Å²) < 4.78 is 0. The lowest BCUT2D eigenvalue weighted by Crippen LogP contribution is -2.22. The first-order chi connectivity index (χ1) is 7.40. The van der Waals surface area contributed by atoms with Crippen LogP contribution >= 0.6 is 0 Å². The van der Waals surface area contributed by atoms with Crippen LogP contribution in [0.4, 0.5) is 0 Å². The predicted octanol–water partition coefficient (Wildman–Crippen LogP) is 2.05. The highest BCUT2D eigenvalue weighted by atomic mass is 16.4. The van der Waals surface area contributed by atoms with Gasteiger partial charge in [-0.15, -0.1) is 0 Å². The average molecular weight is 221 g/mol. The van der Waals surface area contributed by atoms with E-state index in [0.717, 1.165) is 22.3 Å². The predicted molar refractivity (Wildman–Crippen MR) is 64.8 cm³/mol. The first kappa shape index (κ1) is 12.7. The van der Waals surface area contributed by atoms with Gasteiger partial charge in [0.05, 0.1) is 5.92 Å². The molecule has 0 saturated heterocycles. The number of hydrogen-bond donors (Lipinski definition) is 2. The summed E-state index contributed by atoms with van der Waals surface area (Å²) in [4.78, 5) is 11.1. The zero-order chi connectivity index (χ0) is 12.5. The van der Waals surface area contributed by atoms with E-state index in [9.17, 15) is 4.79 Å². The van der Waals surface area contributed by atoms with Gasteiger partial charge >= 0.3 is 5.97 Å². The molecule has 3 nitrogen and oxygen atoms in total. The van der Waals surface area contributed by atoms with Crippen LogP contribution in [0.2, 0.25) is 0 Å². The molecule has 88 valence electrons. The van der Waals surface area contributed by atoms with Crippen molar-refractivity contribution in [3.63, 3.8) is 0 Å². The van der Waals surface area contributed by atoms with Crippen LogP contribution in [0.15, 0.2) is 6.07 Å². The number of carbonyl (C=O) groups is 1. The smallest absolute Gasteiger partial charge is 0.312 e. The van der Waals surface area contributed by atoms with Crippen molar-refractivity contribution in [3.05, 3.63) is 33.9 Å². The van der Waals surface area contributed by atoms with Gasteiger partial charge in [0, 0.05) is 6.54 Å². The summed E-state index contributed by atoms with van der Waals surface area (Å²) in [5, 5.41) is 9.12. The monoisotopic (exact) mass is 221 g/mol. The number of benzene rings is 1. The standard InChI is InChI=1S/C13H19NO2/c1-7-5-11(12(6-14)13(15)16)10(4)9(3)8(7)2/h5,12H,6,14H2,1-4H3,(H,15,16). The molecule has 16 heavy (non-hydrogen) atoms. The largest absolute Gasteiger partial charge is 0.481 e. The molecule has 0 amide bonds. The van der Waals surface area contributed by atoms with Crippen molar-refractivity contribution in [2.45, 2.75) is 33.6 Å². The zero-order valence-corrected chi connectivity index (χ0v) is 10.3. The van der Waals surface area contributed by atoms with Gasteiger partial charge in [0.1, 0.15) is 0 Å². The fourth-order valence-corrected chi connectivity index (χ4v) is 1.97. The van der Waals surface area contributed by atoms with Gasteiger partial charge in [-0.25, -0.2) is 0 Å². The summed E-state index contributed by atoms with van der Waals surface area (Å²) in [5.41, 5.74) is 10.9. The van der Waals surface area contributed by atoms with Crippen molar-refractivity contribution < 1.29 is 9.90 Å². The third kappa shape index (κ3) is 2.09. The first-order valence-electron chi connectivity index (χ1n) is 5.40. The van der Waals surface area contributed by atoms with Crippen LogP contribution in [0.25, 0.3) is 0 Å². The maximum Gasteiger partial charge on any atom is 0.312 e. The maximum atomic E-state index is 11.1. The molecule has 0 saturated carbocycles. The Kier molecular flexibility index (Phi) is 3.70. The van der Waals surface area contributed by atoms with E-state index >= 15 is 0 Å². The molecule has 1 rings (SSSR count). The molecule has 0 aliphatic carbocycles. The van der Waals surface area contributed by atoms with Crippen LogP contribution in [0.1, 0.15) is 33.7 Å². The van der Waals surface area contributed by atoms with Crippen molar-refractivity contribution in [1.29, 1.82) is 0 Å². The molecule has 1 aromatic carbocycles. The fraction of sp³-hybridized carbons (Fsp3) is 0.462. The Bertz CT molecular complexity index is 424. The number of rotatable bonds is 3. The molecule has 1 unspecified atom stereocenters. The molecule has 0 heterocycles. The number of aliphatic carboxylic acids is 1. The van der Waals surface area contributed by atoms with Gasteiger partial charge in [0.25, 0.3) is 0 Å². The van der Waals surface area contributed by atoms with E-state index in [1.54, 1.807) is 0 Å². The molecular formula is C13H19NO2. The van der Waals surface area contributed by atoms with E-state index in [1.165, 1.54) is 5.56 Å². The molecule has 3 N–H and O–H groups in total. The Balaban J connectivity index is 3.39. The van der Waals surface area contributed by atoms with E-state index in [0.29, 0.717) is 0 Å². The maximum absolute atomic E-state index is 11.1. The highest BCUT2D eigenvalue weighted by molar-refractivity contribution is 5.77. The van der Waals surface area contributed by atoms with Crippen LogP contribution in [-0.2, 0) is 4.79 Å². The fourth-order valence-electron chi connectivity index (χ4n) is 1.97. The van der Waals surface area contributed by atoms with Crippen LogP contribution in [-0.4, -0.2) is 17.6 Å².